The summed E-state index contributed by atoms with van der Waals surface area (Å²) < 4.78 is 32.6. The highest BCUT2D eigenvalue weighted by Crippen LogP contribution is 2.26. The molecule has 0 bridgehead atoms. The lowest BCUT2D eigenvalue weighted by molar-refractivity contribution is -0.132. The van der Waals surface area contributed by atoms with Crippen molar-refractivity contribution in [3.63, 3.8) is 0 Å². The van der Waals surface area contributed by atoms with Crippen LogP contribution in [0.2, 0.25) is 0 Å². The number of rotatable bonds is 14. The highest BCUT2D eigenvalue weighted by Gasteiger charge is 2.31. The van der Waals surface area contributed by atoms with Crippen LogP contribution in [-0.2, 0) is 27.9 Å². The molecule has 0 atom stereocenters. The minimum absolute atomic E-state index is 0.167. The Hall–Kier alpha value is -2.42. The van der Waals surface area contributed by atoms with E-state index in [1.165, 1.54) is 9.87 Å². The summed E-state index contributed by atoms with van der Waals surface area (Å²) in [4.78, 5) is 16.0. The Balaban J connectivity index is 1.88. The van der Waals surface area contributed by atoms with Gasteiger partial charge in [-0.15, -0.1) is 0 Å². The zero-order valence-electron chi connectivity index (χ0n) is 24.8. The van der Waals surface area contributed by atoms with Gasteiger partial charge < -0.3 is 9.47 Å². The van der Waals surface area contributed by atoms with Crippen LogP contribution in [0.5, 0.6) is 0 Å². The lowest BCUT2D eigenvalue weighted by atomic mass is 10.1. The fraction of sp³-hybridized carbons (Fsp3) is 0.469. The zero-order valence-corrected chi connectivity index (χ0v) is 27.2. The van der Waals surface area contributed by atoms with Gasteiger partial charge in [-0.1, -0.05) is 73.0 Å². The Kier molecular flexibility index (Phi) is 11.6. The predicted octanol–water partition coefficient (Wildman–Crippen LogP) is 7.09. The SMILES string of the molecule is CCCCN(Cc1cccn1Cc1ccc(Br)cc1)C(=O)CN(CCC(C)C)S(=O)(=O)c1c(C)cc(C)cc1C. The zero-order chi connectivity index (χ0) is 29.4. The summed E-state index contributed by atoms with van der Waals surface area (Å²) in [6.07, 6.45) is 4.51. The van der Waals surface area contributed by atoms with E-state index in [-0.39, 0.29) is 12.5 Å². The van der Waals surface area contributed by atoms with Gasteiger partial charge in [-0.2, -0.15) is 4.31 Å². The van der Waals surface area contributed by atoms with Crippen molar-refractivity contribution in [2.24, 2.45) is 5.92 Å². The highest BCUT2D eigenvalue weighted by molar-refractivity contribution is 9.10. The number of halogens is 1. The molecule has 40 heavy (non-hydrogen) atoms. The molecule has 218 valence electrons. The fourth-order valence-corrected chi connectivity index (χ4v) is 7.09. The highest BCUT2D eigenvalue weighted by atomic mass is 79.9. The first-order chi connectivity index (χ1) is 18.9. The molecule has 2 aromatic carbocycles. The summed E-state index contributed by atoms with van der Waals surface area (Å²) >= 11 is 3.49. The molecule has 0 aliphatic heterocycles. The molecule has 8 heteroatoms. The molecule has 0 radical (unpaired) electrons. The van der Waals surface area contributed by atoms with Crippen molar-refractivity contribution in [2.45, 2.75) is 78.8 Å². The van der Waals surface area contributed by atoms with Gasteiger partial charge in [0.1, 0.15) is 0 Å². The number of hydrogen-bond acceptors (Lipinski definition) is 3. The van der Waals surface area contributed by atoms with E-state index in [9.17, 15) is 13.2 Å². The van der Waals surface area contributed by atoms with E-state index in [0.717, 1.165) is 28.6 Å². The Morgan fingerprint density at radius 3 is 2.25 bits per heavy atom. The topological polar surface area (TPSA) is 62.6 Å². The molecule has 0 unspecified atom stereocenters. The number of aryl methyl sites for hydroxylation is 3. The van der Waals surface area contributed by atoms with Gasteiger partial charge in [0, 0.05) is 36.0 Å². The normalized spacial score (nSPS) is 11.9. The third kappa shape index (κ3) is 8.54. The Bertz CT molecular complexity index is 1360. The van der Waals surface area contributed by atoms with Gasteiger partial charge in [-0.05, 0) is 80.5 Å². The summed E-state index contributed by atoms with van der Waals surface area (Å²) in [6.45, 7) is 13.7. The average molecular weight is 631 g/mol. The molecule has 1 heterocycles. The first kappa shape index (κ1) is 32.1. The summed E-state index contributed by atoms with van der Waals surface area (Å²) in [5.74, 6) is 0.144. The largest absolute Gasteiger partial charge is 0.345 e. The molecule has 0 fully saturated rings. The van der Waals surface area contributed by atoms with Crippen molar-refractivity contribution >= 4 is 31.9 Å². The van der Waals surface area contributed by atoms with Gasteiger partial charge in [0.15, 0.2) is 0 Å². The molecule has 1 amide bonds. The Labute approximate surface area is 249 Å². The van der Waals surface area contributed by atoms with E-state index in [2.05, 4.69) is 53.4 Å². The average Bonchev–Trinajstić information content (AvgIpc) is 3.30. The van der Waals surface area contributed by atoms with Gasteiger partial charge in [-0.3, -0.25) is 4.79 Å². The minimum Gasteiger partial charge on any atom is -0.345 e. The first-order valence-corrected chi connectivity index (χ1v) is 16.4. The third-order valence-electron chi connectivity index (χ3n) is 7.15. The van der Waals surface area contributed by atoms with Crippen LogP contribution in [0.3, 0.4) is 0 Å². The summed E-state index contributed by atoms with van der Waals surface area (Å²) in [7, 11) is -3.86. The molecular weight excluding hydrogens is 586 g/mol. The van der Waals surface area contributed by atoms with Crippen LogP contribution in [0.25, 0.3) is 0 Å². The number of unbranched alkanes of at least 4 members (excludes halogenated alkanes) is 1. The summed E-state index contributed by atoms with van der Waals surface area (Å²) in [6, 6.07) is 16.1. The molecule has 6 nitrogen and oxygen atoms in total. The standard InChI is InChI=1S/C32H44BrN3O3S/c1-7-8-16-35(22-30-10-9-17-34(30)21-28-11-13-29(33)14-12-28)31(37)23-36(18-15-24(2)3)40(38,39)32-26(5)19-25(4)20-27(32)6/h9-14,17,19-20,24H,7-8,15-16,18,21-23H2,1-6H3. The van der Waals surface area contributed by atoms with Crippen molar-refractivity contribution in [1.29, 1.82) is 0 Å². The van der Waals surface area contributed by atoms with E-state index < -0.39 is 10.0 Å². The second-order valence-corrected chi connectivity index (χ2v) is 14.0. The van der Waals surface area contributed by atoms with Gasteiger partial charge >= 0.3 is 0 Å². The van der Waals surface area contributed by atoms with Gasteiger partial charge in [0.2, 0.25) is 15.9 Å². The van der Waals surface area contributed by atoms with Crippen LogP contribution >= 0.6 is 15.9 Å². The first-order valence-electron chi connectivity index (χ1n) is 14.2. The molecule has 3 rings (SSSR count). The molecule has 0 saturated carbocycles. The molecule has 0 aliphatic carbocycles. The minimum atomic E-state index is -3.86. The van der Waals surface area contributed by atoms with Gasteiger partial charge in [-0.25, -0.2) is 8.42 Å². The van der Waals surface area contributed by atoms with E-state index in [0.29, 0.717) is 54.5 Å². The smallest absolute Gasteiger partial charge is 0.244 e. The fourth-order valence-electron chi connectivity index (χ4n) is 5.01. The lowest BCUT2D eigenvalue weighted by Gasteiger charge is -2.29. The molecule has 3 aromatic rings. The maximum absolute atomic E-state index is 14.0. The predicted molar refractivity (Wildman–Crippen MR) is 167 cm³/mol. The monoisotopic (exact) mass is 629 g/mol. The van der Waals surface area contributed by atoms with E-state index >= 15 is 0 Å². The van der Waals surface area contributed by atoms with Crippen LogP contribution in [-0.4, -0.2) is 47.7 Å². The molecule has 0 aliphatic rings. The maximum Gasteiger partial charge on any atom is 0.244 e. The van der Waals surface area contributed by atoms with Crippen molar-refractivity contribution in [3.8, 4) is 0 Å². The number of carbonyl (C=O) groups is 1. The number of nitrogens with zero attached hydrogens (tertiary/aromatic N) is 3. The van der Waals surface area contributed by atoms with Crippen molar-refractivity contribution in [1.82, 2.24) is 13.8 Å². The van der Waals surface area contributed by atoms with Crippen molar-refractivity contribution in [2.75, 3.05) is 19.6 Å². The van der Waals surface area contributed by atoms with Crippen LogP contribution in [0, 0.1) is 26.7 Å². The molecule has 0 saturated heterocycles. The number of sulfonamides is 1. The number of amides is 1. The Morgan fingerprint density at radius 1 is 1.00 bits per heavy atom. The maximum atomic E-state index is 14.0. The molecule has 1 aromatic heterocycles. The number of carbonyl (C=O) groups excluding carboxylic acids is 1. The van der Waals surface area contributed by atoms with Crippen molar-refractivity contribution in [3.05, 3.63) is 87.1 Å². The van der Waals surface area contributed by atoms with Gasteiger partial charge in [0.25, 0.3) is 0 Å². The molecule has 0 N–H and O–H groups in total. The summed E-state index contributed by atoms with van der Waals surface area (Å²) in [5, 5.41) is 0. The second kappa shape index (κ2) is 14.5. The Morgan fingerprint density at radius 2 is 1.65 bits per heavy atom. The number of benzene rings is 2. The van der Waals surface area contributed by atoms with Crippen molar-refractivity contribution < 1.29 is 13.2 Å². The van der Waals surface area contributed by atoms with E-state index in [1.54, 1.807) is 0 Å². The lowest BCUT2D eigenvalue weighted by Crippen LogP contribution is -2.44. The number of aromatic nitrogens is 1. The van der Waals surface area contributed by atoms with E-state index in [1.807, 2.05) is 68.3 Å². The summed E-state index contributed by atoms with van der Waals surface area (Å²) in [5.41, 5.74) is 4.65. The molecule has 0 spiro atoms. The van der Waals surface area contributed by atoms with Crippen LogP contribution in [0.1, 0.15) is 68.0 Å². The van der Waals surface area contributed by atoms with Crippen LogP contribution in [0.15, 0.2) is 64.1 Å². The van der Waals surface area contributed by atoms with Crippen LogP contribution < -0.4 is 0 Å². The molecular formula is C32H44BrN3O3S. The second-order valence-electron chi connectivity index (χ2n) is 11.2. The number of hydrogen-bond donors (Lipinski definition) is 0. The van der Waals surface area contributed by atoms with E-state index in [4.69, 9.17) is 0 Å². The quantitative estimate of drug-likeness (QED) is 0.191. The van der Waals surface area contributed by atoms with Gasteiger partial charge in [0.05, 0.1) is 18.0 Å². The van der Waals surface area contributed by atoms with Crippen LogP contribution in [0.4, 0.5) is 0 Å². The third-order valence-corrected chi connectivity index (χ3v) is 9.83.